The average molecular weight is 396 g/mol. The van der Waals surface area contributed by atoms with Gasteiger partial charge in [-0.25, -0.2) is 0 Å². The molecule has 7 nitrogen and oxygen atoms in total. The molecule has 0 aromatic heterocycles. The molecule has 3 rings (SSSR count). The number of rotatable bonds is 2. The van der Waals surface area contributed by atoms with Crippen molar-refractivity contribution in [3.05, 3.63) is 34.9 Å². The fraction of sp³-hybridized carbons (Fsp3) is 0.526. The summed E-state index contributed by atoms with van der Waals surface area (Å²) < 4.78 is 0. The summed E-state index contributed by atoms with van der Waals surface area (Å²) in [6, 6.07) is 7.05. The van der Waals surface area contributed by atoms with Crippen LogP contribution in [0.25, 0.3) is 0 Å². The summed E-state index contributed by atoms with van der Waals surface area (Å²) in [5.74, 6) is 0.205. The molecule has 0 spiro atoms. The topological polar surface area (TPSA) is 81.2 Å². The minimum absolute atomic E-state index is 0.00946. The first-order valence-corrected chi connectivity index (χ1v) is 9.47. The SMILES string of the molecule is CN1CCC[C@H]1C(=O)N1CCCN(C(=O)c2cccc(Cl)c2)CC1.O=CO. The Bertz CT molecular complexity index is 670. The monoisotopic (exact) mass is 395 g/mol. The third kappa shape index (κ3) is 5.68. The van der Waals surface area contributed by atoms with E-state index in [1.54, 1.807) is 24.3 Å². The molecule has 2 saturated heterocycles. The van der Waals surface area contributed by atoms with Gasteiger partial charge in [0.15, 0.2) is 0 Å². The van der Waals surface area contributed by atoms with Crippen LogP contribution in [0.5, 0.6) is 0 Å². The van der Waals surface area contributed by atoms with E-state index in [2.05, 4.69) is 4.90 Å². The van der Waals surface area contributed by atoms with Gasteiger partial charge in [-0.15, -0.1) is 0 Å². The van der Waals surface area contributed by atoms with Crippen LogP contribution >= 0.6 is 11.6 Å². The first-order chi connectivity index (χ1) is 13.0. The lowest BCUT2D eigenvalue weighted by Gasteiger charge is -2.27. The van der Waals surface area contributed by atoms with Gasteiger partial charge in [0, 0.05) is 36.8 Å². The maximum absolute atomic E-state index is 12.7. The number of carbonyl (C=O) groups is 3. The minimum atomic E-state index is -0.250. The van der Waals surface area contributed by atoms with Crippen molar-refractivity contribution in [1.82, 2.24) is 14.7 Å². The second kappa shape index (κ2) is 10.3. The number of hydrogen-bond acceptors (Lipinski definition) is 4. The van der Waals surface area contributed by atoms with Crippen molar-refractivity contribution < 1.29 is 19.5 Å². The molecular weight excluding hydrogens is 370 g/mol. The summed E-state index contributed by atoms with van der Waals surface area (Å²) >= 11 is 5.98. The zero-order chi connectivity index (χ0) is 19.8. The summed E-state index contributed by atoms with van der Waals surface area (Å²) in [6.45, 7) is 3.32. The van der Waals surface area contributed by atoms with Gasteiger partial charge in [-0.2, -0.15) is 0 Å². The van der Waals surface area contributed by atoms with E-state index in [0.717, 1.165) is 32.4 Å². The molecule has 0 radical (unpaired) electrons. The van der Waals surface area contributed by atoms with Gasteiger partial charge < -0.3 is 14.9 Å². The molecule has 148 valence electrons. The van der Waals surface area contributed by atoms with Gasteiger partial charge >= 0.3 is 0 Å². The van der Waals surface area contributed by atoms with E-state index < -0.39 is 0 Å². The largest absolute Gasteiger partial charge is 0.483 e. The van der Waals surface area contributed by atoms with Crippen molar-refractivity contribution >= 4 is 29.9 Å². The summed E-state index contributed by atoms with van der Waals surface area (Å²) in [7, 11) is 2.02. The highest BCUT2D eigenvalue weighted by molar-refractivity contribution is 6.30. The number of amides is 2. The molecule has 1 N–H and O–H groups in total. The molecule has 8 heteroatoms. The van der Waals surface area contributed by atoms with Gasteiger partial charge in [-0.1, -0.05) is 17.7 Å². The molecule has 2 fully saturated rings. The van der Waals surface area contributed by atoms with E-state index in [-0.39, 0.29) is 24.3 Å². The molecule has 1 aromatic rings. The van der Waals surface area contributed by atoms with Crippen LogP contribution in [-0.2, 0) is 9.59 Å². The normalized spacial score (nSPS) is 20.4. The van der Waals surface area contributed by atoms with E-state index in [9.17, 15) is 9.59 Å². The molecule has 1 atom stereocenters. The fourth-order valence-electron chi connectivity index (χ4n) is 3.58. The van der Waals surface area contributed by atoms with Crippen molar-refractivity contribution in [1.29, 1.82) is 0 Å². The zero-order valence-corrected chi connectivity index (χ0v) is 16.3. The summed E-state index contributed by atoms with van der Waals surface area (Å²) in [6.07, 6.45) is 2.84. The van der Waals surface area contributed by atoms with Crippen LogP contribution in [0.1, 0.15) is 29.6 Å². The number of likely N-dealkylation sites (N-methyl/N-ethyl adjacent to an activating group) is 1. The molecule has 1 aromatic carbocycles. The maximum atomic E-state index is 12.7. The van der Waals surface area contributed by atoms with Crippen LogP contribution in [0.4, 0.5) is 0 Å². The number of carboxylic acid groups (broad SMARTS) is 1. The first-order valence-electron chi connectivity index (χ1n) is 9.09. The summed E-state index contributed by atoms with van der Waals surface area (Å²) in [4.78, 5) is 39.6. The Hall–Kier alpha value is -2.12. The lowest BCUT2D eigenvalue weighted by molar-refractivity contribution is -0.135. The van der Waals surface area contributed by atoms with E-state index in [0.29, 0.717) is 30.2 Å². The average Bonchev–Trinajstić information content (AvgIpc) is 2.93. The van der Waals surface area contributed by atoms with Gasteiger partial charge in [-0.3, -0.25) is 19.3 Å². The van der Waals surface area contributed by atoms with Crippen LogP contribution < -0.4 is 0 Å². The van der Waals surface area contributed by atoms with Gasteiger partial charge in [0.25, 0.3) is 12.4 Å². The predicted molar refractivity (Wildman–Crippen MR) is 103 cm³/mol. The van der Waals surface area contributed by atoms with Crippen LogP contribution in [0.3, 0.4) is 0 Å². The summed E-state index contributed by atoms with van der Waals surface area (Å²) in [5, 5.41) is 7.46. The number of benzene rings is 1. The van der Waals surface area contributed by atoms with Gasteiger partial charge in [0.1, 0.15) is 0 Å². The molecule has 0 aliphatic carbocycles. The molecule has 2 heterocycles. The highest BCUT2D eigenvalue weighted by atomic mass is 35.5. The molecule has 0 bridgehead atoms. The van der Waals surface area contributed by atoms with Crippen LogP contribution in [-0.4, -0.2) is 83.9 Å². The zero-order valence-electron chi connectivity index (χ0n) is 15.5. The third-order valence-corrected chi connectivity index (χ3v) is 5.21. The lowest BCUT2D eigenvalue weighted by atomic mass is 10.2. The number of hydrogen-bond donors (Lipinski definition) is 1. The van der Waals surface area contributed by atoms with E-state index in [1.807, 2.05) is 16.8 Å². The Kier molecular flexibility index (Phi) is 8.06. The van der Waals surface area contributed by atoms with Crippen molar-refractivity contribution in [2.24, 2.45) is 0 Å². The lowest BCUT2D eigenvalue weighted by Crippen LogP contribution is -2.46. The fourth-order valence-corrected chi connectivity index (χ4v) is 3.77. The Morgan fingerprint density at radius 1 is 1.11 bits per heavy atom. The van der Waals surface area contributed by atoms with E-state index >= 15 is 0 Å². The van der Waals surface area contributed by atoms with Crippen LogP contribution in [0.2, 0.25) is 5.02 Å². The molecular formula is C19H26ClN3O4. The second-order valence-corrected chi connectivity index (χ2v) is 7.16. The molecule has 2 amide bonds. The molecule has 0 saturated carbocycles. The first kappa shape index (κ1) is 21.2. The molecule has 2 aliphatic heterocycles. The Labute approximate surface area is 164 Å². The van der Waals surface area contributed by atoms with Gasteiger partial charge in [0.2, 0.25) is 5.91 Å². The quantitative estimate of drug-likeness (QED) is 0.772. The number of halogens is 1. The van der Waals surface area contributed by atoms with Gasteiger partial charge in [-0.05, 0) is 51.1 Å². The number of nitrogens with zero attached hydrogens (tertiary/aromatic N) is 3. The Balaban J connectivity index is 0.000000817. The molecule has 2 aliphatic rings. The van der Waals surface area contributed by atoms with Crippen molar-refractivity contribution in [2.45, 2.75) is 25.3 Å². The smallest absolute Gasteiger partial charge is 0.290 e. The Morgan fingerprint density at radius 3 is 2.41 bits per heavy atom. The number of likely N-dealkylation sites (tertiary alicyclic amines) is 1. The third-order valence-electron chi connectivity index (χ3n) is 4.97. The van der Waals surface area contributed by atoms with Crippen molar-refractivity contribution in [3.63, 3.8) is 0 Å². The highest BCUT2D eigenvalue weighted by Gasteiger charge is 2.32. The van der Waals surface area contributed by atoms with Gasteiger partial charge in [0.05, 0.1) is 6.04 Å². The predicted octanol–water partition coefficient (Wildman–Crippen LogP) is 1.81. The molecule has 0 unspecified atom stereocenters. The summed E-state index contributed by atoms with van der Waals surface area (Å²) in [5.41, 5.74) is 0.609. The van der Waals surface area contributed by atoms with Crippen molar-refractivity contribution in [3.8, 4) is 0 Å². The number of carbonyl (C=O) groups excluding carboxylic acids is 2. The highest BCUT2D eigenvalue weighted by Crippen LogP contribution is 2.19. The van der Waals surface area contributed by atoms with E-state index in [4.69, 9.17) is 21.5 Å². The molecule has 27 heavy (non-hydrogen) atoms. The maximum Gasteiger partial charge on any atom is 0.290 e. The van der Waals surface area contributed by atoms with E-state index in [1.165, 1.54) is 0 Å². The van der Waals surface area contributed by atoms with Crippen LogP contribution in [0, 0.1) is 0 Å². The van der Waals surface area contributed by atoms with Crippen molar-refractivity contribution in [2.75, 3.05) is 39.8 Å². The Morgan fingerprint density at radius 2 is 1.78 bits per heavy atom. The van der Waals surface area contributed by atoms with Crippen LogP contribution in [0.15, 0.2) is 24.3 Å². The standard InChI is InChI=1S/C18H24ClN3O2.CH2O2/c1-20-8-3-7-16(20)18(24)22-10-4-9-21(11-12-22)17(23)14-5-2-6-15(19)13-14;2-1-3/h2,5-6,13,16H,3-4,7-12H2,1H3;1H,(H,2,3)/t16-;/m0./s1. The minimum Gasteiger partial charge on any atom is -0.483 e. The second-order valence-electron chi connectivity index (χ2n) is 6.73.